The third kappa shape index (κ3) is 5.35. The van der Waals surface area contributed by atoms with Crippen LogP contribution in [0.2, 0.25) is 0 Å². The smallest absolute Gasteiger partial charge is 0.367 e. The number of ether oxygens (including phenoxy) is 1. The van der Waals surface area contributed by atoms with Gasteiger partial charge in [-0.2, -0.15) is 13.2 Å². The number of nitrogens with zero attached hydrogens (tertiary/aromatic N) is 4. The Labute approximate surface area is 151 Å². The van der Waals surface area contributed by atoms with E-state index < -0.39 is 12.8 Å². The molecule has 0 aliphatic rings. The van der Waals surface area contributed by atoms with Crippen LogP contribution >= 0.6 is 0 Å². The molecule has 1 N–H and O–H groups in total. The van der Waals surface area contributed by atoms with Gasteiger partial charge >= 0.3 is 6.18 Å². The Bertz CT molecular complexity index is 878. The van der Waals surface area contributed by atoms with Crippen molar-refractivity contribution >= 4 is 11.6 Å². The van der Waals surface area contributed by atoms with Crippen molar-refractivity contribution in [2.75, 3.05) is 11.9 Å². The van der Waals surface area contributed by atoms with E-state index in [-0.39, 0.29) is 12.5 Å². The lowest BCUT2D eigenvalue weighted by atomic mass is 10.1. The number of hydrogen-bond acceptors (Lipinski definition) is 5. The monoisotopic (exact) mass is 377 g/mol. The highest BCUT2D eigenvalue weighted by molar-refractivity contribution is 6.04. The predicted molar refractivity (Wildman–Crippen MR) is 89.3 cm³/mol. The fourth-order valence-corrected chi connectivity index (χ4v) is 2.22. The Hall–Kier alpha value is -3.27. The van der Waals surface area contributed by atoms with Crippen LogP contribution in [0.4, 0.5) is 18.9 Å². The lowest BCUT2D eigenvalue weighted by Crippen LogP contribution is -2.16. The van der Waals surface area contributed by atoms with E-state index in [0.717, 1.165) is 5.69 Å². The summed E-state index contributed by atoms with van der Waals surface area (Å²) in [7, 11) is 0. The third-order valence-electron chi connectivity index (χ3n) is 3.49. The Kier molecular flexibility index (Phi) is 5.46. The molecule has 10 heteroatoms. The van der Waals surface area contributed by atoms with Crippen molar-refractivity contribution in [3.8, 4) is 5.69 Å². The van der Waals surface area contributed by atoms with Gasteiger partial charge in [-0.15, -0.1) is 5.10 Å². The highest BCUT2D eigenvalue weighted by Gasteiger charge is 2.27. The molecule has 3 aromatic rings. The van der Waals surface area contributed by atoms with Gasteiger partial charge in [0.25, 0.3) is 5.91 Å². The average molecular weight is 377 g/mol. The molecule has 0 saturated heterocycles. The van der Waals surface area contributed by atoms with Gasteiger partial charge in [-0.1, -0.05) is 12.1 Å². The SMILES string of the molecule is O=C(Nc1ccc(-n2cnnn2)cc1)c1ccc(COCC(F)(F)F)cc1. The number of alkyl halides is 3. The van der Waals surface area contributed by atoms with Crippen molar-refractivity contribution < 1.29 is 22.7 Å². The second-order valence-electron chi connectivity index (χ2n) is 5.56. The number of halogens is 3. The summed E-state index contributed by atoms with van der Waals surface area (Å²) in [6.45, 7) is -1.49. The molecule has 0 bridgehead atoms. The van der Waals surface area contributed by atoms with Crippen molar-refractivity contribution in [1.29, 1.82) is 0 Å². The molecule has 0 aliphatic carbocycles. The minimum Gasteiger partial charge on any atom is -0.367 e. The van der Waals surface area contributed by atoms with Gasteiger partial charge in [0.05, 0.1) is 12.3 Å². The molecule has 1 amide bonds. The summed E-state index contributed by atoms with van der Waals surface area (Å²) in [5.74, 6) is -0.340. The average Bonchev–Trinajstić information content (AvgIpc) is 3.16. The van der Waals surface area contributed by atoms with E-state index in [1.54, 1.807) is 36.4 Å². The van der Waals surface area contributed by atoms with Gasteiger partial charge in [-0.3, -0.25) is 4.79 Å². The molecule has 3 rings (SSSR count). The van der Waals surface area contributed by atoms with Crippen molar-refractivity contribution in [1.82, 2.24) is 20.2 Å². The number of aromatic nitrogens is 4. The molecule has 0 saturated carbocycles. The molecule has 140 valence electrons. The Morgan fingerprint density at radius 3 is 2.37 bits per heavy atom. The minimum atomic E-state index is -4.36. The number of rotatable bonds is 6. The molecule has 0 radical (unpaired) electrons. The van der Waals surface area contributed by atoms with E-state index in [4.69, 9.17) is 0 Å². The van der Waals surface area contributed by atoms with Crippen molar-refractivity contribution in [2.24, 2.45) is 0 Å². The number of hydrogen-bond donors (Lipinski definition) is 1. The predicted octanol–water partition coefficient (Wildman–Crippen LogP) is 2.99. The highest BCUT2D eigenvalue weighted by atomic mass is 19.4. The zero-order valence-corrected chi connectivity index (χ0v) is 13.8. The first kappa shape index (κ1) is 18.5. The number of benzene rings is 2. The molecule has 1 aromatic heterocycles. The molecule has 0 spiro atoms. The van der Waals surface area contributed by atoms with Crippen LogP contribution in [0.1, 0.15) is 15.9 Å². The van der Waals surface area contributed by atoms with Gasteiger partial charge < -0.3 is 10.1 Å². The van der Waals surface area contributed by atoms with Crippen LogP contribution in [-0.2, 0) is 11.3 Å². The topological polar surface area (TPSA) is 81.9 Å². The van der Waals surface area contributed by atoms with E-state index >= 15 is 0 Å². The van der Waals surface area contributed by atoms with Crippen LogP contribution in [0.15, 0.2) is 54.9 Å². The van der Waals surface area contributed by atoms with Gasteiger partial charge in [0.2, 0.25) is 0 Å². The maximum atomic E-state index is 12.3. The van der Waals surface area contributed by atoms with Crippen LogP contribution in [0.3, 0.4) is 0 Å². The summed E-state index contributed by atoms with van der Waals surface area (Å²) in [5.41, 5.74) is 2.23. The van der Waals surface area contributed by atoms with Crippen LogP contribution < -0.4 is 5.32 Å². The summed E-state index contributed by atoms with van der Waals surface area (Å²) in [4.78, 5) is 12.3. The molecule has 0 atom stereocenters. The van der Waals surface area contributed by atoms with Gasteiger partial charge in [0.15, 0.2) is 0 Å². The third-order valence-corrected chi connectivity index (χ3v) is 3.49. The summed E-state index contributed by atoms with van der Waals surface area (Å²) < 4.78 is 42.2. The number of nitrogens with one attached hydrogen (secondary N) is 1. The second-order valence-corrected chi connectivity index (χ2v) is 5.56. The summed E-state index contributed by atoms with van der Waals surface area (Å²) in [6, 6.07) is 13.0. The highest BCUT2D eigenvalue weighted by Crippen LogP contribution is 2.17. The number of anilines is 1. The summed E-state index contributed by atoms with van der Waals surface area (Å²) >= 11 is 0. The molecule has 0 fully saturated rings. The van der Waals surface area contributed by atoms with E-state index in [1.165, 1.54) is 23.1 Å². The van der Waals surface area contributed by atoms with Crippen LogP contribution in [0, 0.1) is 0 Å². The Morgan fingerprint density at radius 1 is 1.07 bits per heavy atom. The van der Waals surface area contributed by atoms with E-state index in [1.807, 2.05) is 0 Å². The summed E-state index contributed by atoms with van der Waals surface area (Å²) in [6.07, 6.45) is -2.91. The number of amides is 1. The molecule has 2 aromatic carbocycles. The minimum absolute atomic E-state index is 0.181. The zero-order chi connectivity index (χ0) is 19.3. The van der Waals surface area contributed by atoms with Gasteiger partial charge in [-0.25, -0.2) is 4.68 Å². The lowest BCUT2D eigenvalue weighted by Gasteiger charge is -2.09. The Balaban J connectivity index is 1.56. The molecule has 27 heavy (non-hydrogen) atoms. The first-order chi connectivity index (χ1) is 12.9. The van der Waals surface area contributed by atoms with Gasteiger partial charge in [-0.05, 0) is 52.4 Å². The molecule has 1 heterocycles. The van der Waals surface area contributed by atoms with Crippen molar-refractivity contribution in [3.63, 3.8) is 0 Å². The van der Waals surface area contributed by atoms with Gasteiger partial charge in [0, 0.05) is 11.3 Å². The maximum absolute atomic E-state index is 12.3. The first-order valence-corrected chi connectivity index (χ1v) is 7.79. The Morgan fingerprint density at radius 2 is 1.78 bits per heavy atom. The van der Waals surface area contributed by atoms with Crippen LogP contribution in [-0.4, -0.2) is 38.9 Å². The van der Waals surface area contributed by atoms with Gasteiger partial charge in [0.1, 0.15) is 12.9 Å². The number of tetrazole rings is 1. The standard InChI is InChI=1S/C17H14F3N5O2/c18-17(19,20)10-27-9-12-1-3-13(4-2-12)16(26)22-14-5-7-15(8-6-14)25-11-21-23-24-25/h1-8,11H,9-10H2,(H,22,26). The molecule has 0 aliphatic heterocycles. The van der Waals surface area contributed by atoms with E-state index in [0.29, 0.717) is 16.8 Å². The lowest BCUT2D eigenvalue weighted by molar-refractivity contribution is -0.176. The van der Waals surface area contributed by atoms with E-state index in [2.05, 4.69) is 25.6 Å². The largest absolute Gasteiger partial charge is 0.411 e. The fraction of sp³-hybridized carbons (Fsp3) is 0.176. The summed E-state index contributed by atoms with van der Waals surface area (Å²) in [5, 5.41) is 13.6. The van der Waals surface area contributed by atoms with Crippen molar-refractivity contribution in [3.05, 3.63) is 66.0 Å². The maximum Gasteiger partial charge on any atom is 0.411 e. The molecule has 0 unspecified atom stereocenters. The molecular formula is C17H14F3N5O2. The zero-order valence-electron chi connectivity index (χ0n) is 13.8. The van der Waals surface area contributed by atoms with E-state index in [9.17, 15) is 18.0 Å². The quantitative estimate of drug-likeness (QED) is 0.714. The molecular weight excluding hydrogens is 363 g/mol. The van der Waals surface area contributed by atoms with Crippen LogP contribution in [0.5, 0.6) is 0 Å². The normalized spacial score (nSPS) is 11.4. The van der Waals surface area contributed by atoms with Crippen molar-refractivity contribution in [2.45, 2.75) is 12.8 Å². The number of carbonyl (C=O) groups excluding carboxylic acids is 1. The molecule has 7 nitrogen and oxygen atoms in total. The number of carbonyl (C=O) groups is 1. The van der Waals surface area contributed by atoms with Crippen LogP contribution in [0.25, 0.3) is 5.69 Å². The first-order valence-electron chi connectivity index (χ1n) is 7.79. The second kappa shape index (κ2) is 7.96. The fourth-order valence-electron chi connectivity index (χ4n) is 2.22.